The molecule has 0 amide bonds. The number of benzene rings is 2. The lowest BCUT2D eigenvalue weighted by atomic mass is 10.1. The molecule has 2 aromatic heterocycles. The van der Waals surface area contributed by atoms with E-state index in [1.165, 1.54) is 11.4 Å². The second-order valence-electron chi connectivity index (χ2n) is 7.18. The first-order chi connectivity index (χ1) is 16.7. The molecule has 0 radical (unpaired) electrons. The van der Waals surface area contributed by atoms with E-state index in [-0.39, 0.29) is 24.6 Å². The number of ether oxygens (including phenoxy) is 1. The number of hydrogen-bond donors (Lipinski definition) is 1. The summed E-state index contributed by atoms with van der Waals surface area (Å²) < 4.78 is 34.4. The normalized spacial score (nSPS) is 11.5. The second kappa shape index (κ2) is 9.40. The third-order valence-electron chi connectivity index (χ3n) is 4.94. The molecule has 0 unspecified atom stereocenters. The van der Waals surface area contributed by atoms with Crippen molar-refractivity contribution < 1.29 is 23.0 Å². The molecule has 2 aromatic carbocycles. The van der Waals surface area contributed by atoms with Crippen molar-refractivity contribution in [2.45, 2.75) is 11.8 Å². The predicted molar refractivity (Wildman–Crippen MR) is 121 cm³/mol. The molecule has 2 heterocycles. The van der Waals surface area contributed by atoms with Gasteiger partial charge in [0.25, 0.3) is 11.4 Å². The summed E-state index contributed by atoms with van der Waals surface area (Å²) in [5, 5.41) is 34.9. The van der Waals surface area contributed by atoms with Gasteiger partial charge in [0.05, 0.1) is 14.7 Å². The lowest BCUT2D eigenvalue weighted by Crippen LogP contribution is -2.28. The third-order valence-corrected chi connectivity index (χ3v) is 6.38. The molecule has 0 saturated heterocycles. The maximum Gasteiger partial charge on any atom is 0.280 e. The predicted octanol–water partition coefficient (Wildman–Crippen LogP) is 2.27. The summed E-state index contributed by atoms with van der Waals surface area (Å²) >= 11 is 0. The van der Waals surface area contributed by atoms with E-state index in [1.807, 2.05) is 30.3 Å². The van der Waals surface area contributed by atoms with Crippen molar-refractivity contribution >= 4 is 27.0 Å². The molecule has 0 atom stereocenters. The summed E-state index contributed by atoms with van der Waals surface area (Å²) in [5.74, 6) is 0.671. The van der Waals surface area contributed by atoms with Gasteiger partial charge in [-0.25, -0.2) is 13.1 Å². The summed E-state index contributed by atoms with van der Waals surface area (Å²) in [7, 11) is -4.30. The molecular formula is C20H17N7O7S. The van der Waals surface area contributed by atoms with Crippen molar-refractivity contribution in [3.05, 3.63) is 80.4 Å². The highest BCUT2D eigenvalue weighted by Gasteiger charge is 2.27. The first kappa shape index (κ1) is 23.7. The highest BCUT2D eigenvalue weighted by Crippen LogP contribution is 2.31. The Morgan fingerprint density at radius 2 is 1.66 bits per heavy atom. The van der Waals surface area contributed by atoms with Crippen LogP contribution in [0, 0.1) is 27.2 Å². The molecule has 0 aliphatic heterocycles. The number of nitro groups is 2. The van der Waals surface area contributed by atoms with Crippen LogP contribution in [0.3, 0.4) is 0 Å². The summed E-state index contributed by atoms with van der Waals surface area (Å²) in [4.78, 5) is 20.1. The van der Waals surface area contributed by atoms with Gasteiger partial charge < -0.3 is 4.74 Å². The number of nitrogens with one attached hydrogen (secondary N) is 1. The monoisotopic (exact) mass is 499 g/mol. The van der Waals surface area contributed by atoms with Gasteiger partial charge in [-0.1, -0.05) is 30.3 Å². The molecule has 0 aliphatic carbocycles. The van der Waals surface area contributed by atoms with E-state index in [0.717, 1.165) is 17.7 Å². The molecule has 0 aliphatic rings. The molecule has 180 valence electrons. The van der Waals surface area contributed by atoms with Crippen LogP contribution in [0.1, 0.15) is 5.56 Å². The Labute approximate surface area is 197 Å². The van der Waals surface area contributed by atoms with Gasteiger partial charge in [-0.2, -0.15) is 4.52 Å². The van der Waals surface area contributed by atoms with Gasteiger partial charge in [-0.3, -0.25) is 20.2 Å². The van der Waals surface area contributed by atoms with Crippen molar-refractivity contribution in [1.29, 1.82) is 0 Å². The molecule has 0 bridgehead atoms. The molecule has 15 heteroatoms. The van der Waals surface area contributed by atoms with Crippen molar-refractivity contribution in [1.82, 2.24) is 24.5 Å². The lowest BCUT2D eigenvalue weighted by molar-refractivity contribution is -0.395. The van der Waals surface area contributed by atoms with Crippen molar-refractivity contribution in [3.8, 4) is 17.3 Å². The standard InChI is InChI=1S/C20H17N7O7S/c1-13-16(26(28)29)11-15(12-17(13)27(30)31)35(32,33)21-9-10-34-19-8-7-18-22-23-20(25(18)24-19)14-5-3-2-4-6-14/h2-8,11-12,21H,9-10H2,1H3. The van der Waals surface area contributed by atoms with Crippen LogP contribution in [0.4, 0.5) is 11.4 Å². The maximum absolute atomic E-state index is 12.6. The fourth-order valence-corrected chi connectivity index (χ4v) is 4.28. The first-order valence-corrected chi connectivity index (χ1v) is 11.5. The van der Waals surface area contributed by atoms with E-state index in [9.17, 15) is 28.6 Å². The Balaban J connectivity index is 1.47. The molecule has 0 saturated carbocycles. The van der Waals surface area contributed by atoms with Crippen LogP contribution in [0.15, 0.2) is 59.5 Å². The van der Waals surface area contributed by atoms with Gasteiger partial charge in [0.1, 0.15) is 12.2 Å². The molecule has 14 nitrogen and oxygen atoms in total. The second-order valence-corrected chi connectivity index (χ2v) is 8.95. The van der Waals surface area contributed by atoms with E-state index in [2.05, 4.69) is 20.0 Å². The van der Waals surface area contributed by atoms with Crippen molar-refractivity contribution in [2.24, 2.45) is 0 Å². The number of hydrogen-bond acceptors (Lipinski definition) is 10. The number of aromatic nitrogens is 4. The van der Waals surface area contributed by atoms with Crippen molar-refractivity contribution in [3.63, 3.8) is 0 Å². The van der Waals surface area contributed by atoms with E-state index >= 15 is 0 Å². The van der Waals surface area contributed by atoms with E-state index in [1.54, 1.807) is 12.1 Å². The maximum atomic E-state index is 12.6. The Bertz CT molecular complexity index is 1500. The SMILES string of the molecule is Cc1c([N+](=O)[O-])cc(S(=O)(=O)NCCOc2ccc3nnc(-c4ccccc4)n3n2)cc1[N+](=O)[O-]. The average molecular weight is 499 g/mol. The largest absolute Gasteiger partial charge is 0.475 e. The van der Waals surface area contributed by atoms with Crippen molar-refractivity contribution in [2.75, 3.05) is 13.2 Å². The van der Waals surface area contributed by atoms with Gasteiger partial charge in [-0.05, 0) is 13.0 Å². The number of nitrogens with zero attached hydrogens (tertiary/aromatic N) is 6. The van der Waals surface area contributed by atoms with E-state index in [4.69, 9.17) is 4.74 Å². The first-order valence-electron chi connectivity index (χ1n) is 10.0. The summed E-state index contributed by atoms with van der Waals surface area (Å²) in [5.41, 5.74) is -0.307. The van der Waals surface area contributed by atoms with Gasteiger partial charge in [0.15, 0.2) is 11.5 Å². The van der Waals surface area contributed by atoms with Crippen LogP contribution in [0.5, 0.6) is 5.88 Å². The van der Waals surface area contributed by atoms with Crippen LogP contribution in [0.2, 0.25) is 0 Å². The zero-order valence-electron chi connectivity index (χ0n) is 18.1. The molecule has 4 rings (SSSR count). The van der Waals surface area contributed by atoms with E-state index in [0.29, 0.717) is 11.5 Å². The van der Waals surface area contributed by atoms with Crippen LogP contribution in [-0.2, 0) is 10.0 Å². The molecule has 0 spiro atoms. The molecule has 35 heavy (non-hydrogen) atoms. The fourth-order valence-electron chi connectivity index (χ4n) is 3.22. The minimum Gasteiger partial charge on any atom is -0.475 e. The van der Waals surface area contributed by atoms with Gasteiger partial charge >= 0.3 is 0 Å². The molecule has 1 N–H and O–H groups in total. The Hall–Kier alpha value is -4.50. The summed E-state index contributed by atoms with van der Waals surface area (Å²) in [6.07, 6.45) is 0. The highest BCUT2D eigenvalue weighted by atomic mass is 32.2. The fraction of sp³-hybridized carbons (Fsp3) is 0.150. The van der Waals surface area contributed by atoms with Gasteiger partial charge in [-0.15, -0.1) is 15.3 Å². The topological polar surface area (TPSA) is 185 Å². The number of rotatable bonds is 9. The van der Waals surface area contributed by atoms with Crippen LogP contribution in [0.25, 0.3) is 17.0 Å². The number of nitro benzene ring substituents is 2. The number of fused-ring (bicyclic) bond motifs is 1. The van der Waals surface area contributed by atoms with Gasteiger partial charge in [0.2, 0.25) is 15.9 Å². The zero-order valence-corrected chi connectivity index (χ0v) is 18.9. The molecular weight excluding hydrogens is 482 g/mol. The Morgan fingerprint density at radius 3 is 2.29 bits per heavy atom. The number of sulfonamides is 1. The van der Waals surface area contributed by atoms with Crippen LogP contribution < -0.4 is 9.46 Å². The van der Waals surface area contributed by atoms with Crippen LogP contribution >= 0.6 is 0 Å². The molecule has 4 aromatic rings. The lowest BCUT2D eigenvalue weighted by Gasteiger charge is -2.09. The summed E-state index contributed by atoms with van der Waals surface area (Å²) in [6, 6.07) is 14.0. The highest BCUT2D eigenvalue weighted by molar-refractivity contribution is 7.89. The van der Waals surface area contributed by atoms with Gasteiger partial charge in [0, 0.05) is 30.3 Å². The average Bonchev–Trinajstić information content (AvgIpc) is 3.25. The Morgan fingerprint density at radius 1 is 1.00 bits per heavy atom. The minimum absolute atomic E-state index is 0.142. The quantitative estimate of drug-likeness (QED) is 0.203. The Kier molecular flexibility index (Phi) is 6.35. The van der Waals surface area contributed by atoms with E-state index < -0.39 is 36.1 Å². The minimum atomic E-state index is -4.30. The smallest absolute Gasteiger partial charge is 0.280 e. The molecule has 0 fully saturated rings. The summed E-state index contributed by atoms with van der Waals surface area (Å²) in [6.45, 7) is 0.804. The third kappa shape index (κ3) is 4.90. The van der Waals surface area contributed by atoms with Crippen LogP contribution in [-0.4, -0.2) is 51.2 Å². The zero-order chi connectivity index (χ0) is 25.2.